The van der Waals surface area contributed by atoms with Gasteiger partial charge in [0.15, 0.2) is 5.78 Å². The number of hydrogen-bond donors (Lipinski definition) is 3. The number of hydrogen-bond acceptors (Lipinski definition) is 5. The van der Waals surface area contributed by atoms with Gasteiger partial charge >= 0.3 is 5.97 Å². The van der Waals surface area contributed by atoms with Gasteiger partial charge in [-0.3, -0.25) is 14.9 Å². The molecule has 1 fully saturated rings. The fourth-order valence-corrected chi connectivity index (χ4v) is 2.45. The summed E-state index contributed by atoms with van der Waals surface area (Å²) in [6.45, 7) is 0. The Bertz CT molecular complexity index is 222. The minimum Gasteiger partial charge on any atom is -0.480 e. The van der Waals surface area contributed by atoms with E-state index in [1.54, 1.807) is 0 Å². The first-order valence-electron chi connectivity index (χ1n) is 3.88. The topological polar surface area (TPSA) is 66.4 Å². The maximum Gasteiger partial charge on any atom is 0.318 e. The van der Waals surface area contributed by atoms with Crippen molar-refractivity contribution in [2.45, 2.75) is 17.7 Å². The van der Waals surface area contributed by atoms with Crippen molar-refractivity contribution in [1.29, 1.82) is 0 Å². The summed E-state index contributed by atoms with van der Waals surface area (Å²) in [7, 11) is 0. The molecule has 0 spiro atoms. The minimum atomic E-state index is -0.924. The third-order valence-corrected chi connectivity index (χ3v) is 3.21. The molecule has 0 amide bonds. The molecule has 0 saturated carbocycles. The fourth-order valence-electron chi connectivity index (χ4n) is 1.19. The number of aliphatic carboxylic acids is 1. The predicted octanol–water partition coefficient (Wildman–Crippen LogP) is -0.00890. The number of thiol groups is 1. The molecule has 1 aliphatic rings. The second-order valence-electron chi connectivity index (χ2n) is 2.69. The monoisotopic (exact) mass is 221 g/mol. The van der Waals surface area contributed by atoms with Gasteiger partial charge in [0.1, 0.15) is 5.25 Å². The van der Waals surface area contributed by atoms with E-state index >= 15 is 0 Å². The summed E-state index contributed by atoms with van der Waals surface area (Å²) in [5.74, 6) is 0.00782. The molecule has 1 heterocycles. The highest BCUT2D eigenvalue weighted by Crippen LogP contribution is 2.22. The Morgan fingerprint density at radius 3 is 2.85 bits per heavy atom. The van der Waals surface area contributed by atoms with Crippen molar-refractivity contribution in [1.82, 2.24) is 5.32 Å². The highest BCUT2D eigenvalue weighted by molar-refractivity contribution is 8.00. The Morgan fingerprint density at radius 1 is 1.62 bits per heavy atom. The first kappa shape index (κ1) is 10.9. The molecule has 0 aromatic carbocycles. The van der Waals surface area contributed by atoms with Gasteiger partial charge < -0.3 is 5.11 Å². The highest BCUT2D eigenvalue weighted by atomic mass is 32.2. The lowest BCUT2D eigenvalue weighted by molar-refractivity contribution is -0.138. The van der Waals surface area contributed by atoms with E-state index in [4.69, 9.17) is 5.11 Å². The van der Waals surface area contributed by atoms with E-state index in [1.165, 1.54) is 11.8 Å². The molecule has 2 N–H and O–H groups in total. The number of carboxylic acids is 1. The van der Waals surface area contributed by atoms with E-state index in [0.29, 0.717) is 18.1 Å². The van der Waals surface area contributed by atoms with Crippen LogP contribution in [0.3, 0.4) is 0 Å². The average molecular weight is 221 g/mol. The van der Waals surface area contributed by atoms with Crippen LogP contribution in [-0.4, -0.2) is 39.8 Å². The van der Waals surface area contributed by atoms with Crippen LogP contribution in [0.1, 0.15) is 6.42 Å². The van der Waals surface area contributed by atoms with Crippen molar-refractivity contribution in [3.63, 3.8) is 0 Å². The number of carbonyl (C=O) groups is 2. The molecule has 74 valence electrons. The molecule has 1 saturated heterocycles. The Hall–Kier alpha value is -0.200. The van der Waals surface area contributed by atoms with Gasteiger partial charge in [-0.05, 0) is 5.75 Å². The molecule has 1 rings (SSSR count). The Morgan fingerprint density at radius 2 is 2.31 bits per heavy atom. The summed E-state index contributed by atoms with van der Waals surface area (Å²) in [6, 6.07) is -0.533. The Balaban J connectivity index is 2.57. The summed E-state index contributed by atoms with van der Waals surface area (Å²) in [5, 5.41) is 11.0. The van der Waals surface area contributed by atoms with Crippen molar-refractivity contribution < 1.29 is 14.7 Å². The molecule has 0 radical (unpaired) electrons. The van der Waals surface area contributed by atoms with Gasteiger partial charge in [0.05, 0.1) is 6.04 Å². The molecule has 0 bridgehead atoms. The maximum absolute atomic E-state index is 11.4. The summed E-state index contributed by atoms with van der Waals surface area (Å²) < 4.78 is 0. The summed E-state index contributed by atoms with van der Waals surface area (Å²) in [6.07, 6.45) is 0.325. The standard InChI is InChI=1S/C7H11NO3S2/c9-4(1-2-12)5-6(7(10)11)13-3-8-5/h5-6,8,12H,1-3H2,(H,10,11). The van der Waals surface area contributed by atoms with Crippen LogP contribution in [0.4, 0.5) is 0 Å². The fraction of sp³-hybridized carbons (Fsp3) is 0.714. The molecule has 0 aromatic heterocycles. The van der Waals surface area contributed by atoms with Crippen molar-refractivity contribution in [2.75, 3.05) is 11.6 Å². The van der Waals surface area contributed by atoms with Gasteiger partial charge in [-0.2, -0.15) is 12.6 Å². The van der Waals surface area contributed by atoms with Crippen molar-refractivity contribution in [3.05, 3.63) is 0 Å². The quantitative estimate of drug-likeness (QED) is 0.583. The highest BCUT2D eigenvalue weighted by Gasteiger charge is 2.37. The number of carbonyl (C=O) groups excluding carboxylic acids is 1. The van der Waals surface area contributed by atoms with Crippen LogP contribution in [0.5, 0.6) is 0 Å². The van der Waals surface area contributed by atoms with Gasteiger partial charge in [0, 0.05) is 12.3 Å². The number of rotatable bonds is 4. The Labute approximate surface area is 85.9 Å². The van der Waals surface area contributed by atoms with Gasteiger partial charge in [-0.1, -0.05) is 0 Å². The van der Waals surface area contributed by atoms with Gasteiger partial charge in [0.25, 0.3) is 0 Å². The predicted molar refractivity (Wildman–Crippen MR) is 54.3 cm³/mol. The van der Waals surface area contributed by atoms with E-state index < -0.39 is 17.3 Å². The summed E-state index contributed by atoms with van der Waals surface area (Å²) in [5.41, 5.74) is 0. The van der Waals surface area contributed by atoms with Crippen LogP contribution in [0.25, 0.3) is 0 Å². The normalized spacial score (nSPS) is 27.5. The lowest BCUT2D eigenvalue weighted by Gasteiger charge is -2.12. The molecular formula is C7H11NO3S2. The third-order valence-electron chi connectivity index (χ3n) is 1.82. The molecule has 1 aliphatic heterocycles. The smallest absolute Gasteiger partial charge is 0.318 e. The van der Waals surface area contributed by atoms with E-state index in [2.05, 4.69) is 17.9 Å². The lowest BCUT2D eigenvalue weighted by Crippen LogP contribution is -2.41. The second kappa shape index (κ2) is 4.88. The second-order valence-corrected chi connectivity index (χ2v) is 4.27. The van der Waals surface area contributed by atoms with Gasteiger partial charge in [0.2, 0.25) is 0 Å². The number of nitrogens with one attached hydrogen (secondary N) is 1. The minimum absolute atomic E-state index is 0.0626. The zero-order valence-electron chi connectivity index (χ0n) is 6.90. The molecule has 2 atom stereocenters. The van der Waals surface area contributed by atoms with Gasteiger partial charge in [-0.15, -0.1) is 11.8 Å². The van der Waals surface area contributed by atoms with Crippen molar-refractivity contribution >= 4 is 36.1 Å². The van der Waals surface area contributed by atoms with Crippen LogP contribution in [0, 0.1) is 0 Å². The van der Waals surface area contributed by atoms with E-state index in [1.807, 2.05) is 0 Å². The zero-order valence-corrected chi connectivity index (χ0v) is 8.61. The zero-order chi connectivity index (χ0) is 9.84. The van der Waals surface area contributed by atoms with Crippen LogP contribution in [-0.2, 0) is 9.59 Å². The summed E-state index contributed by atoms with van der Waals surface area (Å²) >= 11 is 5.19. The molecule has 13 heavy (non-hydrogen) atoms. The number of ketones is 1. The first-order chi connectivity index (χ1) is 6.16. The summed E-state index contributed by atoms with van der Waals surface area (Å²) in [4.78, 5) is 22.1. The largest absolute Gasteiger partial charge is 0.480 e. The maximum atomic E-state index is 11.4. The lowest BCUT2D eigenvalue weighted by atomic mass is 10.1. The first-order valence-corrected chi connectivity index (χ1v) is 5.56. The molecule has 4 nitrogen and oxygen atoms in total. The van der Waals surface area contributed by atoms with E-state index in [9.17, 15) is 9.59 Å². The van der Waals surface area contributed by atoms with E-state index in [-0.39, 0.29) is 5.78 Å². The number of thioether (sulfide) groups is 1. The van der Waals surface area contributed by atoms with Crippen molar-refractivity contribution in [3.8, 4) is 0 Å². The van der Waals surface area contributed by atoms with Crippen molar-refractivity contribution in [2.24, 2.45) is 0 Å². The number of Topliss-reactive ketones (excluding diaryl/α,β-unsaturated/α-hetero) is 1. The Kier molecular flexibility index (Phi) is 4.08. The number of carboxylic acid groups (broad SMARTS) is 1. The molecule has 2 unspecified atom stereocenters. The van der Waals surface area contributed by atoms with Crippen LogP contribution in [0.2, 0.25) is 0 Å². The van der Waals surface area contributed by atoms with Crippen LogP contribution in [0.15, 0.2) is 0 Å². The van der Waals surface area contributed by atoms with E-state index in [0.717, 1.165) is 0 Å². The van der Waals surface area contributed by atoms with Gasteiger partial charge in [-0.25, -0.2) is 0 Å². The third kappa shape index (κ3) is 2.62. The molecule has 0 aliphatic carbocycles. The van der Waals surface area contributed by atoms with Crippen LogP contribution < -0.4 is 5.32 Å². The molecule has 6 heteroatoms. The molecular weight excluding hydrogens is 210 g/mol. The van der Waals surface area contributed by atoms with Crippen LogP contribution >= 0.6 is 24.4 Å². The average Bonchev–Trinajstić information content (AvgIpc) is 2.52. The SMILES string of the molecule is O=C(CCS)C1NCSC1C(=O)O. The molecule has 0 aromatic rings.